The average Bonchev–Trinajstić information content (AvgIpc) is 2.28. The summed E-state index contributed by atoms with van der Waals surface area (Å²) in [5, 5.41) is 0. The van der Waals surface area contributed by atoms with E-state index in [1.807, 2.05) is 6.92 Å². The Morgan fingerprint density at radius 2 is 1.94 bits per heavy atom. The second kappa shape index (κ2) is 5.04. The summed E-state index contributed by atoms with van der Waals surface area (Å²) in [7, 11) is 0. The van der Waals surface area contributed by atoms with Gasteiger partial charge in [0, 0.05) is 18.3 Å². The Bertz CT molecular complexity index is 448. The van der Waals surface area contributed by atoms with E-state index < -0.39 is 0 Å². The van der Waals surface area contributed by atoms with Gasteiger partial charge in [-0.25, -0.2) is 9.97 Å². The van der Waals surface area contributed by atoms with Crippen LogP contribution in [0.2, 0.25) is 0 Å². The zero-order valence-electron chi connectivity index (χ0n) is 11.6. The van der Waals surface area contributed by atoms with Crippen molar-refractivity contribution in [1.29, 1.82) is 0 Å². The number of carbonyl (C=O) groups is 1. The number of rotatable bonds is 2. The van der Waals surface area contributed by atoms with Crippen molar-refractivity contribution in [2.45, 2.75) is 59.0 Å². The standard InChI is InChI=1S/C14H21N3O/c1-9-6-5-7-10(2)17(9)14-15-8-13(12(4)18)11(3)16-14/h8-10H,5-7H2,1-4H3/t9-,10-/m0/s1. The van der Waals surface area contributed by atoms with E-state index in [1.165, 1.54) is 19.3 Å². The monoisotopic (exact) mass is 247 g/mol. The van der Waals surface area contributed by atoms with Crippen molar-refractivity contribution in [3.8, 4) is 0 Å². The van der Waals surface area contributed by atoms with Crippen LogP contribution in [0.5, 0.6) is 0 Å². The highest BCUT2D eigenvalue weighted by Crippen LogP contribution is 2.26. The Balaban J connectivity index is 2.33. The van der Waals surface area contributed by atoms with Crippen molar-refractivity contribution in [1.82, 2.24) is 9.97 Å². The van der Waals surface area contributed by atoms with Crippen molar-refractivity contribution in [3.05, 3.63) is 17.5 Å². The Kier molecular flexibility index (Phi) is 3.64. The fraction of sp³-hybridized carbons (Fsp3) is 0.643. The van der Waals surface area contributed by atoms with Gasteiger partial charge in [0.25, 0.3) is 0 Å². The molecule has 0 aromatic carbocycles. The van der Waals surface area contributed by atoms with Gasteiger partial charge in [0.1, 0.15) is 0 Å². The molecule has 4 heteroatoms. The highest BCUT2D eigenvalue weighted by molar-refractivity contribution is 5.94. The van der Waals surface area contributed by atoms with Crippen LogP contribution in [0.1, 0.15) is 56.1 Å². The van der Waals surface area contributed by atoms with E-state index in [0.717, 1.165) is 11.6 Å². The van der Waals surface area contributed by atoms with Crippen LogP contribution >= 0.6 is 0 Å². The number of ketones is 1. The molecule has 1 aromatic heterocycles. The molecule has 0 N–H and O–H groups in total. The number of hydrogen-bond acceptors (Lipinski definition) is 4. The molecule has 1 aromatic rings. The van der Waals surface area contributed by atoms with Gasteiger partial charge in [0.2, 0.25) is 5.95 Å². The summed E-state index contributed by atoms with van der Waals surface area (Å²) in [5.74, 6) is 0.788. The Labute approximate surface area is 108 Å². The van der Waals surface area contributed by atoms with Gasteiger partial charge in [0.05, 0.1) is 11.3 Å². The first-order valence-electron chi connectivity index (χ1n) is 6.63. The van der Waals surface area contributed by atoms with Crippen LogP contribution in [0.15, 0.2) is 6.20 Å². The second-order valence-corrected chi connectivity index (χ2v) is 5.26. The molecule has 0 unspecified atom stereocenters. The molecule has 2 heterocycles. The topological polar surface area (TPSA) is 46.1 Å². The maximum absolute atomic E-state index is 11.4. The Hall–Kier alpha value is -1.45. The minimum absolute atomic E-state index is 0.0267. The van der Waals surface area contributed by atoms with Crippen LogP contribution in [0, 0.1) is 6.92 Å². The SMILES string of the molecule is CC(=O)c1cnc(N2[C@@H](C)CCC[C@@H]2C)nc1C. The zero-order chi connectivity index (χ0) is 13.3. The van der Waals surface area contributed by atoms with Crippen LogP contribution in [0.3, 0.4) is 0 Å². The lowest BCUT2D eigenvalue weighted by Gasteiger charge is -2.39. The minimum Gasteiger partial charge on any atom is -0.335 e. The summed E-state index contributed by atoms with van der Waals surface area (Å²) in [6.07, 6.45) is 5.29. The fourth-order valence-corrected chi connectivity index (χ4v) is 2.74. The maximum atomic E-state index is 11.4. The highest BCUT2D eigenvalue weighted by atomic mass is 16.1. The summed E-state index contributed by atoms with van der Waals surface area (Å²) < 4.78 is 0. The molecule has 2 atom stereocenters. The quantitative estimate of drug-likeness (QED) is 0.754. The fourth-order valence-electron chi connectivity index (χ4n) is 2.74. The van der Waals surface area contributed by atoms with E-state index >= 15 is 0 Å². The van der Waals surface area contributed by atoms with Crippen molar-refractivity contribution in [3.63, 3.8) is 0 Å². The number of aryl methyl sites for hydroxylation is 1. The van der Waals surface area contributed by atoms with Crippen LogP contribution in [-0.2, 0) is 0 Å². The van der Waals surface area contributed by atoms with Gasteiger partial charge in [-0.2, -0.15) is 0 Å². The first-order chi connectivity index (χ1) is 8.50. The summed E-state index contributed by atoms with van der Waals surface area (Å²) in [6.45, 7) is 7.86. The molecule has 1 fully saturated rings. The summed E-state index contributed by atoms with van der Waals surface area (Å²) >= 11 is 0. The number of nitrogens with zero attached hydrogens (tertiary/aromatic N) is 3. The van der Waals surface area contributed by atoms with E-state index in [9.17, 15) is 4.79 Å². The molecule has 1 aliphatic heterocycles. The maximum Gasteiger partial charge on any atom is 0.226 e. The van der Waals surface area contributed by atoms with E-state index in [0.29, 0.717) is 17.6 Å². The molecule has 4 nitrogen and oxygen atoms in total. The molecule has 98 valence electrons. The van der Waals surface area contributed by atoms with Crippen molar-refractivity contribution in [2.75, 3.05) is 4.90 Å². The number of hydrogen-bond donors (Lipinski definition) is 0. The van der Waals surface area contributed by atoms with Gasteiger partial charge in [-0.15, -0.1) is 0 Å². The van der Waals surface area contributed by atoms with Crippen LogP contribution in [0.25, 0.3) is 0 Å². The number of piperidine rings is 1. The third kappa shape index (κ3) is 2.37. The average molecular weight is 247 g/mol. The molecule has 0 amide bonds. The first kappa shape index (κ1) is 13.0. The third-order valence-electron chi connectivity index (χ3n) is 3.77. The normalized spacial score (nSPS) is 24.1. The summed E-state index contributed by atoms with van der Waals surface area (Å²) in [5.41, 5.74) is 1.40. The molecule has 0 radical (unpaired) electrons. The van der Waals surface area contributed by atoms with E-state index in [-0.39, 0.29) is 5.78 Å². The third-order valence-corrected chi connectivity index (χ3v) is 3.77. The molecule has 2 rings (SSSR count). The molecule has 0 saturated carbocycles. The smallest absolute Gasteiger partial charge is 0.226 e. The number of aromatic nitrogens is 2. The van der Waals surface area contributed by atoms with Crippen molar-refractivity contribution < 1.29 is 4.79 Å². The van der Waals surface area contributed by atoms with Gasteiger partial charge < -0.3 is 4.90 Å². The molecule has 1 aliphatic rings. The van der Waals surface area contributed by atoms with Crippen molar-refractivity contribution >= 4 is 11.7 Å². The van der Waals surface area contributed by atoms with Gasteiger partial charge in [-0.3, -0.25) is 4.79 Å². The molecular weight excluding hydrogens is 226 g/mol. The second-order valence-electron chi connectivity index (χ2n) is 5.26. The van der Waals surface area contributed by atoms with Crippen LogP contribution in [-0.4, -0.2) is 27.8 Å². The largest absolute Gasteiger partial charge is 0.335 e. The molecule has 1 saturated heterocycles. The number of Topliss-reactive ketones (excluding diaryl/α,β-unsaturated/α-hetero) is 1. The Morgan fingerprint density at radius 1 is 1.33 bits per heavy atom. The van der Waals surface area contributed by atoms with Gasteiger partial charge >= 0.3 is 0 Å². The lowest BCUT2D eigenvalue weighted by molar-refractivity contribution is 0.101. The van der Waals surface area contributed by atoms with E-state index in [4.69, 9.17) is 0 Å². The zero-order valence-corrected chi connectivity index (χ0v) is 11.6. The number of anilines is 1. The highest BCUT2D eigenvalue weighted by Gasteiger charge is 2.27. The first-order valence-corrected chi connectivity index (χ1v) is 6.63. The van der Waals surface area contributed by atoms with E-state index in [2.05, 4.69) is 28.7 Å². The molecule has 0 spiro atoms. The van der Waals surface area contributed by atoms with Gasteiger partial charge in [0.15, 0.2) is 5.78 Å². The lowest BCUT2D eigenvalue weighted by atomic mass is 9.98. The Morgan fingerprint density at radius 3 is 2.44 bits per heavy atom. The molecule has 18 heavy (non-hydrogen) atoms. The minimum atomic E-state index is 0.0267. The number of carbonyl (C=O) groups excluding carboxylic acids is 1. The van der Waals surface area contributed by atoms with Gasteiger partial charge in [-0.05, 0) is 47.0 Å². The molecular formula is C14H21N3O. The lowest BCUT2D eigenvalue weighted by Crippen LogP contribution is -2.44. The van der Waals surface area contributed by atoms with E-state index in [1.54, 1.807) is 13.1 Å². The van der Waals surface area contributed by atoms with Gasteiger partial charge in [-0.1, -0.05) is 0 Å². The molecule has 0 bridgehead atoms. The predicted molar refractivity (Wildman–Crippen MR) is 72.0 cm³/mol. The summed E-state index contributed by atoms with van der Waals surface area (Å²) in [4.78, 5) is 22.6. The van der Waals surface area contributed by atoms with Crippen molar-refractivity contribution in [2.24, 2.45) is 0 Å². The summed E-state index contributed by atoms with van der Waals surface area (Å²) in [6, 6.07) is 0.938. The van der Waals surface area contributed by atoms with Crippen LogP contribution in [0.4, 0.5) is 5.95 Å². The van der Waals surface area contributed by atoms with Crippen LogP contribution < -0.4 is 4.90 Å². The predicted octanol–water partition coefficient (Wildman–Crippen LogP) is 2.75. The molecule has 0 aliphatic carbocycles.